The van der Waals surface area contributed by atoms with Gasteiger partial charge in [0.2, 0.25) is 0 Å². The number of hydrogen-bond acceptors (Lipinski definition) is 3. The lowest BCUT2D eigenvalue weighted by atomic mass is 10.2. The summed E-state index contributed by atoms with van der Waals surface area (Å²) in [5.41, 5.74) is 0.663. The van der Waals surface area contributed by atoms with Crippen LogP contribution in [0.25, 0.3) is 0 Å². The summed E-state index contributed by atoms with van der Waals surface area (Å²) in [5.74, 6) is 0.967. The van der Waals surface area contributed by atoms with Gasteiger partial charge in [-0.1, -0.05) is 6.92 Å². The molecule has 0 saturated heterocycles. The molecule has 3 nitrogen and oxygen atoms in total. The molecule has 0 aliphatic heterocycles. The van der Waals surface area contributed by atoms with Crippen molar-refractivity contribution in [2.75, 3.05) is 11.9 Å². The predicted octanol–water partition coefficient (Wildman–Crippen LogP) is 2.52. The molecule has 0 aromatic carbocycles. The van der Waals surface area contributed by atoms with Gasteiger partial charge in [0.05, 0.1) is 0 Å². The van der Waals surface area contributed by atoms with E-state index in [1.807, 2.05) is 19.2 Å². The smallest absolute Gasteiger partial charge is 0.161 e. The van der Waals surface area contributed by atoms with Crippen molar-refractivity contribution in [3.8, 4) is 0 Å². The quantitative estimate of drug-likeness (QED) is 0.710. The maximum absolute atomic E-state index is 11.1. The molecule has 0 radical (unpaired) electrons. The summed E-state index contributed by atoms with van der Waals surface area (Å²) < 4.78 is 0. The highest BCUT2D eigenvalue weighted by molar-refractivity contribution is 5.93. The van der Waals surface area contributed by atoms with Crippen LogP contribution in [0.4, 0.5) is 5.82 Å². The molecule has 1 aromatic heterocycles. The molecule has 0 saturated carbocycles. The Bertz CT molecular complexity index is 332. The Morgan fingerprint density at radius 2 is 2.20 bits per heavy atom. The highest BCUT2D eigenvalue weighted by Gasteiger charge is 2.09. The number of hydrogen-bond donors (Lipinski definition) is 0. The zero-order chi connectivity index (χ0) is 11.4. The molecule has 1 unspecified atom stereocenters. The van der Waals surface area contributed by atoms with Crippen LogP contribution in [-0.4, -0.2) is 23.9 Å². The molecule has 15 heavy (non-hydrogen) atoms. The van der Waals surface area contributed by atoms with E-state index in [9.17, 15) is 4.79 Å². The lowest BCUT2D eigenvalue weighted by Crippen LogP contribution is -2.28. The number of anilines is 1. The number of nitrogens with zero attached hydrogens (tertiary/aromatic N) is 2. The van der Waals surface area contributed by atoms with Crippen LogP contribution in [0.15, 0.2) is 18.3 Å². The number of aromatic nitrogens is 1. The molecule has 3 heteroatoms. The van der Waals surface area contributed by atoms with Crippen molar-refractivity contribution in [1.82, 2.24) is 4.98 Å². The van der Waals surface area contributed by atoms with Crippen LogP contribution in [-0.2, 0) is 0 Å². The average Bonchev–Trinajstić information content (AvgIpc) is 2.27. The van der Waals surface area contributed by atoms with Crippen LogP contribution in [0.3, 0.4) is 0 Å². The van der Waals surface area contributed by atoms with E-state index in [1.54, 1.807) is 13.1 Å². The largest absolute Gasteiger partial charge is 0.357 e. The van der Waals surface area contributed by atoms with Crippen molar-refractivity contribution in [1.29, 1.82) is 0 Å². The van der Waals surface area contributed by atoms with Crippen LogP contribution in [0.1, 0.15) is 37.6 Å². The van der Waals surface area contributed by atoms with Crippen molar-refractivity contribution in [2.24, 2.45) is 0 Å². The summed E-state index contributed by atoms with van der Waals surface area (Å²) in [7, 11) is 2.02. The van der Waals surface area contributed by atoms with Crippen molar-refractivity contribution in [3.63, 3.8) is 0 Å². The molecule has 82 valence electrons. The summed E-state index contributed by atoms with van der Waals surface area (Å²) in [4.78, 5) is 17.5. The molecule has 0 N–H and O–H groups in total. The molecule has 0 aliphatic carbocycles. The molecule has 0 aliphatic rings. The second kappa shape index (κ2) is 4.91. The Morgan fingerprint density at radius 3 is 2.60 bits per heavy atom. The third-order valence-electron chi connectivity index (χ3n) is 2.77. The first-order valence-corrected chi connectivity index (χ1v) is 5.26. The first-order valence-electron chi connectivity index (χ1n) is 5.26. The van der Waals surface area contributed by atoms with Gasteiger partial charge in [-0.2, -0.15) is 0 Å². The summed E-state index contributed by atoms with van der Waals surface area (Å²) in [6.45, 7) is 5.85. The highest BCUT2D eigenvalue weighted by atomic mass is 16.1. The molecule has 1 atom stereocenters. The van der Waals surface area contributed by atoms with Gasteiger partial charge in [0, 0.05) is 24.8 Å². The van der Waals surface area contributed by atoms with Crippen LogP contribution in [0.2, 0.25) is 0 Å². The van der Waals surface area contributed by atoms with Crippen molar-refractivity contribution in [3.05, 3.63) is 23.9 Å². The van der Waals surface area contributed by atoms with Crippen molar-refractivity contribution < 1.29 is 4.79 Å². The molecular weight excluding hydrogens is 188 g/mol. The Labute approximate surface area is 91.1 Å². The fraction of sp³-hybridized carbons (Fsp3) is 0.500. The summed E-state index contributed by atoms with van der Waals surface area (Å²) in [5, 5.41) is 0. The van der Waals surface area contributed by atoms with Gasteiger partial charge in [-0.3, -0.25) is 4.79 Å². The summed E-state index contributed by atoms with van der Waals surface area (Å²) >= 11 is 0. The number of carbonyl (C=O) groups is 1. The van der Waals surface area contributed by atoms with Gasteiger partial charge in [-0.05, 0) is 32.4 Å². The van der Waals surface area contributed by atoms with E-state index < -0.39 is 0 Å². The maximum atomic E-state index is 11.1. The van der Waals surface area contributed by atoms with E-state index in [0.29, 0.717) is 11.6 Å². The van der Waals surface area contributed by atoms with Gasteiger partial charge < -0.3 is 4.90 Å². The highest BCUT2D eigenvalue weighted by Crippen LogP contribution is 2.14. The van der Waals surface area contributed by atoms with Gasteiger partial charge in [0.25, 0.3) is 0 Å². The fourth-order valence-corrected chi connectivity index (χ4v) is 1.30. The topological polar surface area (TPSA) is 33.2 Å². The fourth-order valence-electron chi connectivity index (χ4n) is 1.30. The van der Waals surface area contributed by atoms with Gasteiger partial charge >= 0.3 is 0 Å². The lowest BCUT2D eigenvalue weighted by molar-refractivity contribution is 0.101. The van der Waals surface area contributed by atoms with Crippen LogP contribution >= 0.6 is 0 Å². The third kappa shape index (κ3) is 2.78. The monoisotopic (exact) mass is 206 g/mol. The minimum atomic E-state index is 0.0558. The number of rotatable bonds is 4. The van der Waals surface area contributed by atoms with Crippen LogP contribution in [0, 0.1) is 0 Å². The molecule has 0 fully saturated rings. The molecule has 1 heterocycles. The second-order valence-electron chi connectivity index (χ2n) is 3.83. The van der Waals surface area contributed by atoms with E-state index >= 15 is 0 Å². The normalized spacial score (nSPS) is 12.3. The van der Waals surface area contributed by atoms with Gasteiger partial charge in [-0.25, -0.2) is 4.98 Å². The van der Waals surface area contributed by atoms with E-state index in [1.165, 1.54) is 0 Å². The van der Waals surface area contributed by atoms with E-state index in [-0.39, 0.29) is 5.78 Å². The Balaban J connectivity index is 2.84. The SMILES string of the molecule is CCC(C)N(C)c1ccc(C(C)=O)cn1. The first kappa shape index (κ1) is 11.7. The van der Waals surface area contributed by atoms with Crippen molar-refractivity contribution >= 4 is 11.6 Å². The zero-order valence-corrected chi connectivity index (χ0v) is 9.82. The molecule has 0 amide bonds. The number of ketones is 1. The van der Waals surface area contributed by atoms with E-state index in [2.05, 4.69) is 23.7 Å². The second-order valence-corrected chi connectivity index (χ2v) is 3.83. The van der Waals surface area contributed by atoms with E-state index in [0.717, 1.165) is 12.2 Å². The summed E-state index contributed by atoms with van der Waals surface area (Å²) in [6, 6.07) is 4.17. The standard InChI is InChI=1S/C12H18N2O/c1-5-9(2)14(4)12-7-6-11(8-13-12)10(3)15/h6-9H,5H2,1-4H3. The van der Waals surface area contributed by atoms with Gasteiger partial charge in [0.1, 0.15) is 5.82 Å². The molecule has 1 aromatic rings. The molecular formula is C12H18N2O. The number of carbonyl (C=O) groups excluding carboxylic acids is 1. The summed E-state index contributed by atoms with van der Waals surface area (Å²) in [6.07, 6.45) is 2.71. The zero-order valence-electron chi connectivity index (χ0n) is 9.82. The predicted molar refractivity (Wildman–Crippen MR) is 62.4 cm³/mol. The average molecular weight is 206 g/mol. The minimum Gasteiger partial charge on any atom is -0.357 e. The van der Waals surface area contributed by atoms with Crippen LogP contribution < -0.4 is 4.90 Å². The first-order chi connectivity index (χ1) is 7.06. The van der Waals surface area contributed by atoms with Gasteiger partial charge in [0.15, 0.2) is 5.78 Å². The number of Topliss-reactive ketones (excluding diaryl/α,β-unsaturated/α-hetero) is 1. The molecule has 0 bridgehead atoms. The number of pyridine rings is 1. The maximum Gasteiger partial charge on any atom is 0.161 e. The molecule has 1 rings (SSSR count). The van der Waals surface area contributed by atoms with Crippen LogP contribution in [0.5, 0.6) is 0 Å². The minimum absolute atomic E-state index is 0.0558. The third-order valence-corrected chi connectivity index (χ3v) is 2.77. The van der Waals surface area contributed by atoms with Gasteiger partial charge in [-0.15, -0.1) is 0 Å². The lowest BCUT2D eigenvalue weighted by Gasteiger charge is -2.24. The Hall–Kier alpha value is -1.38. The Kier molecular flexibility index (Phi) is 3.83. The van der Waals surface area contributed by atoms with E-state index in [4.69, 9.17) is 0 Å². The molecule has 0 spiro atoms. The Morgan fingerprint density at radius 1 is 1.53 bits per heavy atom. The van der Waals surface area contributed by atoms with Crippen molar-refractivity contribution in [2.45, 2.75) is 33.2 Å².